The minimum absolute atomic E-state index is 0.124. The summed E-state index contributed by atoms with van der Waals surface area (Å²) in [5.41, 5.74) is -0.0908. The Morgan fingerprint density at radius 2 is 2.09 bits per heavy atom. The van der Waals surface area contributed by atoms with Gasteiger partial charge in [-0.1, -0.05) is 11.6 Å². The molecule has 0 saturated carbocycles. The van der Waals surface area contributed by atoms with Gasteiger partial charge in [0.2, 0.25) is 0 Å². The number of aromatic nitrogens is 5. The van der Waals surface area contributed by atoms with Crippen molar-refractivity contribution in [1.29, 1.82) is 0 Å². The van der Waals surface area contributed by atoms with E-state index in [0.29, 0.717) is 6.54 Å². The third-order valence-electron chi connectivity index (χ3n) is 3.28. The van der Waals surface area contributed by atoms with Crippen LogP contribution >= 0.6 is 0 Å². The number of aryl methyl sites for hydroxylation is 1. The molecule has 0 aromatic carbocycles. The van der Waals surface area contributed by atoms with Crippen LogP contribution in [0.25, 0.3) is 5.65 Å². The van der Waals surface area contributed by atoms with Crippen LogP contribution in [0.4, 0.5) is 0 Å². The van der Waals surface area contributed by atoms with E-state index in [1.807, 2.05) is 14.1 Å². The van der Waals surface area contributed by atoms with E-state index in [9.17, 15) is 9.59 Å². The molecule has 1 amide bonds. The van der Waals surface area contributed by atoms with E-state index in [1.54, 1.807) is 0 Å². The zero-order valence-corrected chi connectivity index (χ0v) is 13.1. The summed E-state index contributed by atoms with van der Waals surface area (Å²) < 4.78 is 2.29. The Balaban J connectivity index is 1.91. The average Bonchev–Trinajstić information content (AvgIpc) is 2.90. The number of fused-ring (bicyclic) bond motifs is 1. The molecule has 0 fully saturated rings. The number of nitrogens with zero attached hydrogens (tertiary/aromatic N) is 6. The molecule has 0 radical (unpaired) electrons. The van der Waals surface area contributed by atoms with Crippen LogP contribution in [0.15, 0.2) is 11.1 Å². The number of hydrogen-bond acceptors (Lipinski definition) is 6. The monoisotopic (exact) mass is 307 g/mol. The molecule has 0 atom stereocenters. The second-order valence-electron chi connectivity index (χ2n) is 5.40. The molecule has 2 heterocycles. The first-order chi connectivity index (χ1) is 10.5. The zero-order chi connectivity index (χ0) is 16.1. The van der Waals surface area contributed by atoms with Gasteiger partial charge < -0.3 is 10.2 Å². The summed E-state index contributed by atoms with van der Waals surface area (Å²) in [6, 6.07) is 0. The summed E-state index contributed by atoms with van der Waals surface area (Å²) in [6.07, 6.45) is 4.33. The van der Waals surface area contributed by atoms with Gasteiger partial charge in [-0.2, -0.15) is 4.68 Å². The van der Waals surface area contributed by atoms with Gasteiger partial charge in [0.1, 0.15) is 6.33 Å². The summed E-state index contributed by atoms with van der Waals surface area (Å²) in [7, 11) is 5.57. The molecule has 9 heteroatoms. The number of carbonyl (C=O) groups is 1. The summed E-state index contributed by atoms with van der Waals surface area (Å²) in [5.74, 6) is -0.335. The van der Waals surface area contributed by atoms with Crippen molar-refractivity contribution in [2.75, 3.05) is 27.2 Å². The minimum atomic E-state index is -0.389. The quantitative estimate of drug-likeness (QED) is 0.678. The normalized spacial score (nSPS) is 11.3. The van der Waals surface area contributed by atoms with Crippen molar-refractivity contribution in [3.63, 3.8) is 0 Å². The van der Waals surface area contributed by atoms with Crippen LogP contribution in [0.2, 0.25) is 0 Å². The number of nitrogens with one attached hydrogen (secondary N) is 1. The second-order valence-corrected chi connectivity index (χ2v) is 5.40. The molecule has 9 nitrogen and oxygen atoms in total. The third kappa shape index (κ3) is 3.67. The fourth-order valence-electron chi connectivity index (χ4n) is 2.06. The molecule has 0 spiro atoms. The van der Waals surface area contributed by atoms with Crippen molar-refractivity contribution >= 4 is 11.6 Å². The first-order valence-corrected chi connectivity index (χ1v) is 7.20. The molecule has 0 saturated heterocycles. The predicted molar refractivity (Wildman–Crippen MR) is 80.8 cm³/mol. The Labute approximate surface area is 127 Å². The molecular weight excluding hydrogens is 286 g/mol. The standard InChI is InChI=1S/C13H21N7O2/c1-18(2)8-6-4-5-7-14-12(21)10-11-16-17-19(3)13(22)20(11)9-15-10/h9H,4-8H2,1-3H3,(H,14,21). The van der Waals surface area contributed by atoms with E-state index < -0.39 is 0 Å². The molecule has 120 valence electrons. The van der Waals surface area contributed by atoms with Gasteiger partial charge in [0.05, 0.1) is 0 Å². The Bertz CT molecular complexity index is 704. The van der Waals surface area contributed by atoms with Crippen molar-refractivity contribution in [3.8, 4) is 0 Å². The maximum absolute atomic E-state index is 12.1. The summed E-state index contributed by atoms with van der Waals surface area (Å²) >= 11 is 0. The Morgan fingerprint density at radius 1 is 1.32 bits per heavy atom. The maximum Gasteiger partial charge on any atom is 0.352 e. The molecule has 2 aromatic heterocycles. The lowest BCUT2D eigenvalue weighted by atomic mass is 10.2. The average molecular weight is 307 g/mol. The lowest BCUT2D eigenvalue weighted by Gasteiger charge is -2.08. The first kappa shape index (κ1) is 16.1. The highest BCUT2D eigenvalue weighted by Gasteiger charge is 2.16. The molecule has 0 aliphatic rings. The first-order valence-electron chi connectivity index (χ1n) is 7.20. The van der Waals surface area contributed by atoms with E-state index in [2.05, 4.69) is 25.5 Å². The van der Waals surface area contributed by atoms with Crippen molar-refractivity contribution in [2.24, 2.45) is 7.05 Å². The Hall–Kier alpha value is -2.29. The number of carbonyl (C=O) groups excluding carboxylic acids is 1. The van der Waals surface area contributed by atoms with Crippen LogP contribution in [0.1, 0.15) is 29.8 Å². The van der Waals surface area contributed by atoms with Crippen LogP contribution in [-0.4, -0.2) is 62.4 Å². The van der Waals surface area contributed by atoms with Gasteiger partial charge in [-0.15, -0.1) is 5.10 Å². The van der Waals surface area contributed by atoms with Crippen LogP contribution in [-0.2, 0) is 7.05 Å². The molecular formula is C13H21N7O2. The number of hydrogen-bond donors (Lipinski definition) is 1. The molecule has 0 aliphatic heterocycles. The molecule has 1 N–H and O–H groups in total. The highest BCUT2D eigenvalue weighted by Crippen LogP contribution is 2.02. The summed E-state index contributed by atoms with van der Waals surface area (Å²) in [4.78, 5) is 30.0. The van der Waals surface area contributed by atoms with Crippen molar-refractivity contribution in [1.82, 2.24) is 34.6 Å². The summed E-state index contributed by atoms with van der Waals surface area (Å²) in [5, 5.41) is 10.3. The third-order valence-corrected chi connectivity index (χ3v) is 3.28. The minimum Gasteiger partial charge on any atom is -0.351 e. The molecule has 0 aliphatic carbocycles. The number of rotatable bonds is 7. The molecule has 0 unspecified atom stereocenters. The number of imidazole rings is 1. The smallest absolute Gasteiger partial charge is 0.351 e. The van der Waals surface area contributed by atoms with Crippen molar-refractivity contribution < 1.29 is 4.79 Å². The molecule has 22 heavy (non-hydrogen) atoms. The zero-order valence-electron chi connectivity index (χ0n) is 13.1. The topological polar surface area (TPSA) is 97.4 Å². The van der Waals surface area contributed by atoms with Crippen LogP contribution in [0.3, 0.4) is 0 Å². The van der Waals surface area contributed by atoms with Crippen molar-refractivity contribution in [3.05, 3.63) is 22.5 Å². The van der Waals surface area contributed by atoms with Gasteiger partial charge in [-0.3, -0.25) is 4.79 Å². The molecule has 0 bridgehead atoms. The molecule has 2 aromatic rings. The van der Waals surface area contributed by atoms with E-state index >= 15 is 0 Å². The van der Waals surface area contributed by atoms with Gasteiger partial charge in [0.25, 0.3) is 5.91 Å². The Morgan fingerprint density at radius 3 is 2.82 bits per heavy atom. The van der Waals surface area contributed by atoms with Gasteiger partial charge in [0, 0.05) is 13.6 Å². The van der Waals surface area contributed by atoms with Crippen LogP contribution in [0, 0.1) is 0 Å². The summed E-state index contributed by atoms with van der Waals surface area (Å²) in [6.45, 7) is 1.61. The lowest BCUT2D eigenvalue weighted by Crippen LogP contribution is -2.29. The number of unbranched alkanes of at least 4 members (excludes halogenated alkanes) is 2. The van der Waals surface area contributed by atoms with Gasteiger partial charge in [-0.25, -0.2) is 14.2 Å². The van der Waals surface area contributed by atoms with E-state index in [1.165, 1.54) is 17.8 Å². The number of amides is 1. The Kier molecular flexibility index (Phi) is 5.21. The largest absolute Gasteiger partial charge is 0.352 e. The van der Waals surface area contributed by atoms with Gasteiger partial charge in [-0.05, 0) is 33.5 Å². The fraction of sp³-hybridized carbons (Fsp3) is 0.615. The van der Waals surface area contributed by atoms with E-state index in [-0.39, 0.29) is 22.9 Å². The van der Waals surface area contributed by atoms with Gasteiger partial charge >= 0.3 is 5.69 Å². The molecule has 2 rings (SSSR count). The fourth-order valence-corrected chi connectivity index (χ4v) is 2.06. The maximum atomic E-state index is 12.1. The van der Waals surface area contributed by atoms with E-state index in [0.717, 1.165) is 30.5 Å². The van der Waals surface area contributed by atoms with Crippen LogP contribution < -0.4 is 11.0 Å². The SMILES string of the molecule is CN(C)CCCCCNC(=O)c1ncn2c(=O)n(C)nnc12. The van der Waals surface area contributed by atoms with E-state index in [4.69, 9.17) is 0 Å². The van der Waals surface area contributed by atoms with Crippen LogP contribution in [0.5, 0.6) is 0 Å². The van der Waals surface area contributed by atoms with Crippen molar-refractivity contribution in [2.45, 2.75) is 19.3 Å². The highest BCUT2D eigenvalue weighted by molar-refractivity contribution is 5.97. The highest BCUT2D eigenvalue weighted by atomic mass is 16.2. The second kappa shape index (κ2) is 7.12. The predicted octanol–water partition coefficient (Wildman–Crippen LogP) is -0.715. The van der Waals surface area contributed by atoms with Gasteiger partial charge in [0.15, 0.2) is 11.3 Å². The lowest BCUT2D eigenvalue weighted by molar-refractivity contribution is 0.0950.